The van der Waals surface area contributed by atoms with E-state index in [1.165, 1.54) is 30.3 Å². The van der Waals surface area contributed by atoms with E-state index >= 15 is 0 Å². The van der Waals surface area contributed by atoms with Crippen molar-refractivity contribution in [3.05, 3.63) is 17.5 Å². The van der Waals surface area contributed by atoms with Gasteiger partial charge in [-0.1, -0.05) is 0 Å². The maximum atomic E-state index is 11.2. The molecule has 2 N–H and O–H groups in total. The molecule has 7 heteroatoms. The molecule has 0 saturated carbocycles. The minimum atomic E-state index is -0.337. The van der Waals surface area contributed by atoms with Crippen LogP contribution < -0.4 is 5.73 Å². The molecule has 1 saturated heterocycles. The highest BCUT2D eigenvalue weighted by Gasteiger charge is 2.22. The molecule has 1 aromatic heterocycles. The van der Waals surface area contributed by atoms with Gasteiger partial charge in [0.1, 0.15) is 0 Å². The van der Waals surface area contributed by atoms with Crippen LogP contribution in [0.3, 0.4) is 0 Å². The lowest BCUT2D eigenvalue weighted by Crippen LogP contribution is -2.39. The van der Waals surface area contributed by atoms with Crippen molar-refractivity contribution in [3.63, 3.8) is 0 Å². The van der Waals surface area contributed by atoms with E-state index in [1.807, 2.05) is 18.0 Å². The SMILES string of the molecule is NC(=O)N1CCc2c(cnn2CCCN2CCSCC2)C1. The first kappa shape index (κ1) is 14.7. The van der Waals surface area contributed by atoms with Crippen molar-refractivity contribution in [1.29, 1.82) is 0 Å². The lowest BCUT2D eigenvalue weighted by molar-refractivity contribution is 0.201. The van der Waals surface area contributed by atoms with Crippen molar-refractivity contribution in [1.82, 2.24) is 19.6 Å². The third-order valence-electron chi connectivity index (χ3n) is 4.27. The number of thioether (sulfide) groups is 1. The van der Waals surface area contributed by atoms with Gasteiger partial charge in [0.2, 0.25) is 0 Å². The molecule has 0 spiro atoms. The maximum absolute atomic E-state index is 11.2. The van der Waals surface area contributed by atoms with Crippen LogP contribution in [0.4, 0.5) is 4.79 Å². The van der Waals surface area contributed by atoms with Crippen LogP contribution in [0, 0.1) is 0 Å². The van der Waals surface area contributed by atoms with E-state index in [2.05, 4.69) is 14.7 Å². The number of primary amides is 1. The number of carbonyl (C=O) groups is 1. The van der Waals surface area contributed by atoms with E-state index in [9.17, 15) is 4.79 Å². The molecule has 2 aliphatic rings. The van der Waals surface area contributed by atoms with Crippen LogP contribution in [0.2, 0.25) is 0 Å². The van der Waals surface area contributed by atoms with Crippen molar-refractivity contribution < 1.29 is 4.79 Å². The number of fused-ring (bicyclic) bond motifs is 1. The van der Waals surface area contributed by atoms with E-state index in [1.54, 1.807) is 4.90 Å². The Morgan fingerprint density at radius 2 is 2.10 bits per heavy atom. The third-order valence-corrected chi connectivity index (χ3v) is 5.22. The van der Waals surface area contributed by atoms with E-state index in [-0.39, 0.29) is 6.03 Å². The maximum Gasteiger partial charge on any atom is 0.315 e. The van der Waals surface area contributed by atoms with Crippen LogP contribution >= 0.6 is 11.8 Å². The topological polar surface area (TPSA) is 67.4 Å². The predicted octanol–water partition coefficient (Wildman–Crippen LogP) is 0.759. The lowest BCUT2D eigenvalue weighted by atomic mass is 10.1. The van der Waals surface area contributed by atoms with Crippen molar-refractivity contribution >= 4 is 17.8 Å². The number of urea groups is 1. The zero-order chi connectivity index (χ0) is 14.7. The quantitative estimate of drug-likeness (QED) is 0.891. The number of nitrogens with two attached hydrogens (primary N) is 1. The van der Waals surface area contributed by atoms with Gasteiger partial charge in [-0.3, -0.25) is 4.68 Å². The van der Waals surface area contributed by atoms with Gasteiger partial charge < -0.3 is 15.5 Å². The van der Waals surface area contributed by atoms with E-state index in [4.69, 9.17) is 5.73 Å². The fraction of sp³-hybridized carbons (Fsp3) is 0.714. The van der Waals surface area contributed by atoms with Gasteiger partial charge in [0.15, 0.2) is 0 Å². The number of amides is 2. The smallest absolute Gasteiger partial charge is 0.315 e. The standard InChI is InChI=1S/C14H23N5OS/c15-14(20)18-5-2-13-12(11-18)10-16-19(13)4-1-3-17-6-8-21-9-7-17/h10H,1-9,11H2,(H2,15,20). The molecule has 1 aromatic rings. The summed E-state index contributed by atoms with van der Waals surface area (Å²) in [6.45, 7) is 5.87. The summed E-state index contributed by atoms with van der Waals surface area (Å²) >= 11 is 2.05. The van der Waals surface area contributed by atoms with Gasteiger partial charge in [0, 0.05) is 55.4 Å². The van der Waals surface area contributed by atoms with Crippen molar-refractivity contribution in [3.8, 4) is 0 Å². The molecule has 0 aliphatic carbocycles. The van der Waals surface area contributed by atoms with E-state index in [0.29, 0.717) is 13.1 Å². The largest absolute Gasteiger partial charge is 0.351 e. The first-order valence-electron chi connectivity index (χ1n) is 7.62. The van der Waals surface area contributed by atoms with E-state index < -0.39 is 0 Å². The molecule has 0 aromatic carbocycles. The second-order valence-corrected chi connectivity index (χ2v) is 6.88. The molecule has 2 amide bonds. The van der Waals surface area contributed by atoms with Crippen LogP contribution in [-0.4, -0.2) is 63.3 Å². The molecule has 3 rings (SSSR count). The summed E-state index contributed by atoms with van der Waals surface area (Å²) in [5, 5.41) is 4.49. The Kier molecular flexibility index (Phi) is 4.70. The molecule has 0 atom stereocenters. The van der Waals surface area contributed by atoms with Crippen LogP contribution in [0.15, 0.2) is 6.20 Å². The van der Waals surface area contributed by atoms with Gasteiger partial charge in [-0.05, 0) is 13.0 Å². The summed E-state index contributed by atoms with van der Waals surface area (Å²) in [4.78, 5) is 15.5. The summed E-state index contributed by atoms with van der Waals surface area (Å²) in [5.74, 6) is 2.53. The average Bonchev–Trinajstić information content (AvgIpc) is 2.91. The van der Waals surface area contributed by atoms with Crippen molar-refractivity contribution in [2.24, 2.45) is 5.73 Å². The lowest BCUT2D eigenvalue weighted by Gasteiger charge is -2.27. The molecule has 6 nitrogen and oxygen atoms in total. The van der Waals surface area contributed by atoms with Crippen molar-refractivity contribution in [2.45, 2.75) is 25.9 Å². The number of hydrogen-bond acceptors (Lipinski definition) is 4. The first-order chi connectivity index (χ1) is 10.2. The molecule has 21 heavy (non-hydrogen) atoms. The number of nitrogens with zero attached hydrogens (tertiary/aromatic N) is 4. The van der Waals surface area contributed by atoms with Gasteiger partial charge in [-0.2, -0.15) is 16.9 Å². The fourth-order valence-electron chi connectivity index (χ4n) is 3.05. The molecule has 0 unspecified atom stereocenters. The summed E-state index contributed by atoms with van der Waals surface area (Å²) < 4.78 is 2.12. The Balaban J connectivity index is 1.52. The van der Waals surface area contributed by atoms with Crippen LogP contribution in [0.25, 0.3) is 0 Å². The summed E-state index contributed by atoms with van der Waals surface area (Å²) in [6.07, 6.45) is 3.89. The number of carbonyl (C=O) groups excluding carboxylic acids is 1. The minimum Gasteiger partial charge on any atom is -0.351 e. The number of rotatable bonds is 4. The Bertz CT molecular complexity index is 498. The van der Waals surface area contributed by atoms with Crippen LogP contribution in [0.5, 0.6) is 0 Å². The monoisotopic (exact) mass is 309 g/mol. The molecule has 1 fully saturated rings. The molecule has 0 bridgehead atoms. The number of hydrogen-bond donors (Lipinski definition) is 1. The second-order valence-electron chi connectivity index (χ2n) is 5.66. The predicted molar refractivity (Wildman–Crippen MR) is 84.3 cm³/mol. The molecule has 116 valence electrons. The minimum absolute atomic E-state index is 0.337. The zero-order valence-corrected chi connectivity index (χ0v) is 13.1. The highest BCUT2D eigenvalue weighted by molar-refractivity contribution is 7.99. The molecular formula is C14H23N5OS. The van der Waals surface area contributed by atoms with Gasteiger partial charge in [-0.15, -0.1) is 0 Å². The summed E-state index contributed by atoms with van der Waals surface area (Å²) in [7, 11) is 0. The molecule has 3 heterocycles. The van der Waals surface area contributed by atoms with E-state index in [0.717, 1.165) is 31.5 Å². The van der Waals surface area contributed by atoms with Gasteiger partial charge in [-0.25, -0.2) is 4.79 Å². The molecule has 0 radical (unpaired) electrons. The van der Waals surface area contributed by atoms with Gasteiger partial charge in [0.25, 0.3) is 0 Å². The molecular weight excluding hydrogens is 286 g/mol. The third kappa shape index (κ3) is 3.52. The van der Waals surface area contributed by atoms with Gasteiger partial charge >= 0.3 is 6.03 Å². The highest BCUT2D eigenvalue weighted by atomic mass is 32.2. The number of aromatic nitrogens is 2. The first-order valence-corrected chi connectivity index (χ1v) is 8.77. The Morgan fingerprint density at radius 3 is 2.86 bits per heavy atom. The van der Waals surface area contributed by atoms with Crippen LogP contribution in [-0.2, 0) is 19.5 Å². The van der Waals surface area contributed by atoms with Gasteiger partial charge in [0.05, 0.1) is 12.7 Å². The fourth-order valence-corrected chi connectivity index (χ4v) is 4.02. The second kappa shape index (κ2) is 6.70. The average molecular weight is 309 g/mol. The van der Waals surface area contributed by atoms with Crippen LogP contribution in [0.1, 0.15) is 17.7 Å². The Labute approximate surface area is 129 Å². The normalized spacial score (nSPS) is 19.5. The summed E-state index contributed by atoms with van der Waals surface area (Å²) in [6, 6.07) is -0.337. The Morgan fingerprint density at radius 1 is 1.29 bits per heavy atom. The van der Waals surface area contributed by atoms with Crippen molar-refractivity contribution in [2.75, 3.05) is 37.7 Å². The Hall–Kier alpha value is -1.21. The zero-order valence-electron chi connectivity index (χ0n) is 12.3. The molecule has 2 aliphatic heterocycles. The summed E-state index contributed by atoms with van der Waals surface area (Å²) in [5.41, 5.74) is 7.77. The number of aryl methyl sites for hydroxylation is 1. The highest BCUT2D eigenvalue weighted by Crippen LogP contribution is 2.19.